The number of amides is 1. The maximum absolute atomic E-state index is 13.2. The van der Waals surface area contributed by atoms with Crippen LogP contribution in [0.15, 0.2) is 22.7 Å². The van der Waals surface area contributed by atoms with Crippen molar-refractivity contribution in [3.63, 3.8) is 0 Å². The fourth-order valence-electron chi connectivity index (χ4n) is 2.39. The average Bonchev–Trinajstić information content (AvgIpc) is 2.64. The maximum atomic E-state index is 13.2. The highest BCUT2D eigenvalue weighted by atomic mass is 79.9. The van der Waals surface area contributed by atoms with E-state index < -0.39 is 0 Å². The van der Waals surface area contributed by atoms with E-state index in [1.54, 1.807) is 6.07 Å². The van der Waals surface area contributed by atoms with E-state index in [2.05, 4.69) is 15.9 Å². The summed E-state index contributed by atoms with van der Waals surface area (Å²) >= 11 is 3.39. The number of benzene rings is 1. The summed E-state index contributed by atoms with van der Waals surface area (Å²) in [6.45, 7) is 4.00. The van der Waals surface area contributed by atoms with E-state index in [-0.39, 0.29) is 17.8 Å². The molecule has 0 aliphatic carbocycles. The van der Waals surface area contributed by atoms with Gasteiger partial charge in [-0.05, 0) is 43.5 Å². The number of rotatable bonds is 3. The molecular weight excluding hydrogens is 325 g/mol. The molecule has 1 heterocycles. The Morgan fingerprint density at radius 1 is 1.50 bits per heavy atom. The number of carbonyl (C=O) groups is 1. The van der Waals surface area contributed by atoms with Crippen LogP contribution < -0.4 is 0 Å². The third-order valence-electron chi connectivity index (χ3n) is 3.62. The van der Waals surface area contributed by atoms with E-state index in [1.165, 1.54) is 12.1 Å². The number of hydrogen-bond acceptors (Lipinski definition) is 2. The van der Waals surface area contributed by atoms with Crippen molar-refractivity contribution in [3.8, 4) is 0 Å². The fourth-order valence-corrected chi connectivity index (χ4v) is 2.83. The van der Waals surface area contributed by atoms with Crippen LogP contribution >= 0.6 is 15.9 Å². The van der Waals surface area contributed by atoms with Gasteiger partial charge >= 0.3 is 0 Å². The van der Waals surface area contributed by atoms with E-state index >= 15 is 0 Å². The molecular formula is C15H19BrFNO2. The predicted octanol–water partition coefficient (Wildman–Crippen LogP) is 3.16. The molecule has 110 valence electrons. The minimum absolute atomic E-state index is 0.110. The zero-order valence-corrected chi connectivity index (χ0v) is 13.2. The van der Waals surface area contributed by atoms with Crippen molar-refractivity contribution in [1.29, 1.82) is 0 Å². The molecule has 1 aliphatic heterocycles. The molecule has 1 saturated heterocycles. The summed E-state index contributed by atoms with van der Waals surface area (Å²) < 4.78 is 19.4. The Morgan fingerprint density at radius 2 is 2.30 bits per heavy atom. The number of aryl methyl sites for hydroxylation is 1. The number of hydrogen-bond donors (Lipinski definition) is 0. The zero-order valence-electron chi connectivity index (χ0n) is 11.6. The highest BCUT2D eigenvalue weighted by Gasteiger charge is 2.22. The minimum Gasteiger partial charge on any atom is -0.380 e. The molecule has 1 amide bonds. The van der Waals surface area contributed by atoms with E-state index in [0.29, 0.717) is 32.6 Å². The molecule has 0 saturated carbocycles. The molecule has 0 bridgehead atoms. The lowest BCUT2D eigenvalue weighted by Crippen LogP contribution is -2.39. The SMILES string of the molecule is C[C@H]1CCOCCN1C(=O)CCc1cc(F)ccc1Br. The van der Waals surface area contributed by atoms with Crippen molar-refractivity contribution in [2.45, 2.75) is 32.2 Å². The first-order chi connectivity index (χ1) is 9.58. The van der Waals surface area contributed by atoms with E-state index in [1.807, 2.05) is 11.8 Å². The Kier molecular flexibility index (Phi) is 5.54. The zero-order chi connectivity index (χ0) is 14.5. The molecule has 1 aromatic carbocycles. The maximum Gasteiger partial charge on any atom is 0.223 e. The summed E-state index contributed by atoms with van der Waals surface area (Å²) in [5.74, 6) is -0.161. The Balaban J connectivity index is 1.95. The van der Waals surface area contributed by atoms with Crippen LogP contribution in [0.5, 0.6) is 0 Å². The van der Waals surface area contributed by atoms with Gasteiger partial charge in [0.25, 0.3) is 0 Å². The summed E-state index contributed by atoms with van der Waals surface area (Å²) in [6.07, 6.45) is 1.81. The highest BCUT2D eigenvalue weighted by Crippen LogP contribution is 2.20. The average molecular weight is 344 g/mol. The van der Waals surface area contributed by atoms with Gasteiger partial charge in [-0.1, -0.05) is 15.9 Å². The summed E-state index contributed by atoms with van der Waals surface area (Å²) in [4.78, 5) is 14.2. The smallest absolute Gasteiger partial charge is 0.223 e. The van der Waals surface area contributed by atoms with E-state index in [4.69, 9.17) is 4.74 Å². The second kappa shape index (κ2) is 7.18. The normalized spacial score (nSPS) is 19.8. The third-order valence-corrected chi connectivity index (χ3v) is 4.40. The van der Waals surface area contributed by atoms with Crippen molar-refractivity contribution >= 4 is 21.8 Å². The molecule has 0 spiro atoms. The predicted molar refractivity (Wildman–Crippen MR) is 79.0 cm³/mol. The van der Waals surface area contributed by atoms with Crippen LogP contribution in [0.4, 0.5) is 4.39 Å². The Morgan fingerprint density at radius 3 is 3.10 bits per heavy atom. The molecule has 1 aromatic rings. The Bertz CT molecular complexity index is 481. The molecule has 0 N–H and O–H groups in total. The lowest BCUT2D eigenvalue weighted by molar-refractivity contribution is -0.133. The van der Waals surface area contributed by atoms with Gasteiger partial charge in [0.05, 0.1) is 6.61 Å². The van der Waals surface area contributed by atoms with Crippen molar-refractivity contribution in [2.75, 3.05) is 19.8 Å². The number of carbonyl (C=O) groups excluding carboxylic acids is 1. The summed E-state index contributed by atoms with van der Waals surface area (Å²) in [5.41, 5.74) is 0.831. The van der Waals surface area contributed by atoms with Gasteiger partial charge in [-0.2, -0.15) is 0 Å². The van der Waals surface area contributed by atoms with Crippen molar-refractivity contribution in [3.05, 3.63) is 34.1 Å². The largest absolute Gasteiger partial charge is 0.380 e. The standard InChI is InChI=1S/C15H19BrFNO2/c1-11-6-8-20-9-7-18(11)15(19)5-2-12-10-13(17)3-4-14(12)16/h3-4,10-11H,2,5-9H2,1H3/t11-/m0/s1. The summed E-state index contributed by atoms with van der Waals surface area (Å²) in [7, 11) is 0. The fraction of sp³-hybridized carbons (Fsp3) is 0.533. The second-order valence-electron chi connectivity index (χ2n) is 5.07. The first kappa shape index (κ1) is 15.4. The van der Waals surface area contributed by atoms with E-state index in [0.717, 1.165) is 16.5 Å². The quantitative estimate of drug-likeness (QED) is 0.843. The number of nitrogens with zero attached hydrogens (tertiary/aromatic N) is 1. The molecule has 0 aromatic heterocycles. The molecule has 1 atom stereocenters. The molecule has 3 nitrogen and oxygen atoms in total. The second-order valence-corrected chi connectivity index (χ2v) is 5.93. The van der Waals surface area contributed by atoms with Crippen LogP contribution in [0.3, 0.4) is 0 Å². The van der Waals surface area contributed by atoms with Crippen LogP contribution in [0.2, 0.25) is 0 Å². The molecule has 0 radical (unpaired) electrons. The molecule has 0 unspecified atom stereocenters. The van der Waals surface area contributed by atoms with Gasteiger partial charge in [0, 0.05) is 30.1 Å². The topological polar surface area (TPSA) is 29.5 Å². The molecule has 5 heteroatoms. The first-order valence-corrected chi connectivity index (χ1v) is 7.68. The molecule has 1 fully saturated rings. The van der Waals surface area contributed by atoms with Gasteiger partial charge in [-0.15, -0.1) is 0 Å². The van der Waals surface area contributed by atoms with Crippen LogP contribution in [0.25, 0.3) is 0 Å². The molecule has 2 rings (SSSR count). The third kappa shape index (κ3) is 4.03. The van der Waals surface area contributed by atoms with Crippen LogP contribution in [0.1, 0.15) is 25.3 Å². The van der Waals surface area contributed by atoms with Gasteiger partial charge < -0.3 is 9.64 Å². The Labute approximate surface area is 127 Å². The van der Waals surface area contributed by atoms with Gasteiger partial charge in [0.2, 0.25) is 5.91 Å². The van der Waals surface area contributed by atoms with Crippen molar-refractivity contribution in [2.24, 2.45) is 0 Å². The first-order valence-electron chi connectivity index (χ1n) is 6.89. The van der Waals surface area contributed by atoms with Gasteiger partial charge in [-0.3, -0.25) is 4.79 Å². The van der Waals surface area contributed by atoms with E-state index in [9.17, 15) is 9.18 Å². The van der Waals surface area contributed by atoms with Crippen molar-refractivity contribution < 1.29 is 13.9 Å². The van der Waals surface area contributed by atoms with Gasteiger partial charge in [-0.25, -0.2) is 4.39 Å². The van der Waals surface area contributed by atoms with Gasteiger partial charge in [0.15, 0.2) is 0 Å². The molecule has 20 heavy (non-hydrogen) atoms. The number of ether oxygens (including phenoxy) is 1. The summed E-state index contributed by atoms with van der Waals surface area (Å²) in [5, 5.41) is 0. The van der Waals surface area contributed by atoms with Crippen LogP contribution in [0, 0.1) is 5.82 Å². The highest BCUT2D eigenvalue weighted by molar-refractivity contribution is 9.10. The number of halogens is 2. The van der Waals surface area contributed by atoms with Crippen LogP contribution in [-0.2, 0) is 16.0 Å². The monoisotopic (exact) mass is 343 g/mol. The van der Waals surface area contributed by atoms with Crippen molar-refractivity contribution in [1.82, 2.24) is 4.90 Å². The Hall–Kier alpha value is -0.940. The molecule has 1 aliphatic rings. The van der Waals surface area contributed by atoms with Crippen LogP contribution in [-0.4, -0.2) is 36.6 Å². The lowest BCUT2D eigenvalue weighted by atomic mass is 10.1. The lowest BCUT2D eigenvalue weighted by Gasteiger charge is -2.26. The summed E-state index contributed by atoms with van der Waals surface area (Å²) in [6, 6.07) is 4.77. The minimum atomic E-state index is -0.271. The van der Waals surface area contributed by atoms with Gasteiger partial charge in [0.1, 0.15) is 5.82 Å².